The molecule has 4 aromatic heterocycles. The number of rotatable bonds is 5. The van der Waals surface area contributed by atoms with Gasteiger partial charge in [0.2, 0.25) is 19.9 Å². The summed E-state index contributed by atoms with van der Waals surface area (Å²) in [5, 5.41) is 30.7. The molecule has 0 aliphatic carbocycles. The highest BCUT2D eigenvalue weighted by molar-refractivity contribution is 7.15. The largest absolute Gasteiger partial charge is 0.234 e. The maximum Gasteiger partial charge on any atom is 0.234 e. The Bertz CT molecular complexity index is 1440. The normalized spacial score (nSPS) is 12.9. The molecule has 0 aliphatic rings. The van der Waals surface area contributed by atoms with E-state index < -0.39 is 6.17 Å². The van der Waals surface area contributed by atoms with Crippen LogP contribution in [0.3, 0.4) is 0 Å². The molecule has 168 valence electrons. The summed E-state index contributed by atoms with van der Waals surface area (Å²) in [5.74, 6) is 0. The molecule has 0 unspecified atom stereocenters. The van der Waals surface area contributed by atoms with Gasteiger partial charge < -0.3 is 0 Å². The van der Waals surface area contributed by atoms with E-state index >= 15 is 0 Å². The van der Waals surface area contributed by atoms with Gasteiger partial charge in [-0.25, -0.2) is 9.36 Å². The van der Waals surface area contributed by atoms with Crippen LogP contribution in [0.15, 0.2) is 40.3 Å². The van der Waals surface area contributed by atoms with Crippen molar-refractivity contribution in [1.29, 1.82) is 0 Å². The predicted molar refractivity (Wildman–Crippen MR) is 129 cm³/mol. The van der Waals surface area contributed by atoms with Crippen LogP contribution in [-0.4, -0.2) is 40.0 Å². The number of hydrogen-bond donors (Lipinski definition) is 0. The van der Waals surface area contributed by atoms with Crippen LogP contribution < -0.4 is 9.60 Å². The molecule has 1 aromatic carbocycles. The van der Waals surface area contributed by atoms with Crippen LogP contribution in [0.1, 0.15) is 31.8 Å². The van der Waals surface area contributed by atoms with Gasteiger partial charge in [-0.3, -0.25) is 0 Å². The Morgan fingerprint density at radius 3 is 1.55 bits per heavy atom. The Labute approximate surface area is 204 Å². The van der Waals surface area contributed by atoms with E-state index in [2.05, 4.69) is 20.4 Å². The van der Waals surface area contributed by atoms with E-state index in [-0.39, 0.29) is 0 Å². The van der Waals surface area contributed by atoms with Crippen molar-refractivity contribution in [3.63, 3.8) is 0 Å². The summed E-state index contributed by atoms with van der Waals surface area (Å²) < 4.78 is 3.74. The first-order valence-corrected chi connectivity index (χ1v) is 13.1. The van der Waals surface area contributed by atoms with Gasteiger partial charge in [-0.1, -0.05) is 75.7 Å². The van der Waals surface area contributed by atoms with E-state index in [0.29, 0.717) is 19.9 Å². The van der Waals surface area contributed by atoms with Crippen molar-refractivity contribution in [2.75, 3.05) is 0 Å². The number of aromatic nitrogens is 8. The Morgan fingerprint density at radius 1 is 0.636 bits per heavy atom. The monoisotopic (exact) mass is 514 g/mol. The van der Waals surface area contributed by atoms with E-state index in [9.17, 15) is 0 Å². The summed E-state index contributed by atoms with van der Waals surface area (Å²) in [6, 6.07) is 10.1. The minimum Gasteiger partial charge on any atom is -0.208 e. The number of aryl methyl sites for hydroxylation is 4. The third-order valence-electron chi connectivity index (χ3n) is 4.34. The molecule has 0 amide bonds. The lowest BCUT2D eigenvalue weighted by atomic mass is 10.2. The van der Waals surface area contributed by atoms with Crippen LogP contribution in [0.2, 0.25) is 0 Å². The van der Waals surface area contributed by atoms with Crippen LogP contribution in [-0.2, 0) is 0 Å². The van der Waals surface area contributed by atoms with Gasteiger partial charge in [0.15, 0.2) is 6.17 Å². The highest BCUT2D eigenvalue weighted by Gasteiger charge is 2.23. The minimum atomic E-state index is -0.401. The lowest BCUT2D eigenvalue weighted by molar-refractivity contribution is 0.394. The average Bonchev–Trinajstić information content (AvgIpc) is 3.55. The fourth-order valence-electron chi connectivity index (χ4n) is 3.09. The van der Waals surface area contributed by atoms with Crippen molar-refractivity contribution < 1.29 is 0 Å². The number of nitrogens with zero attached hydrogens (tertiary/aromatic N) is 10. The molecule has 0 saturated carbocycles. The summed E-state index contributed by atoms with van der Waals surface area (Å²) >= 11 is 5.86. The smallest absolute Gasteiger partial charge is 0.208 e. The molecule has 0 fully saturated rings. The zero-order valence-electron chi connectivity index (χ0n) is 18.1. The van der Waals surface area contributed by atoms with Gasteiger partial charge >= 0.3 is 0 Å². The highest BCUT2D eigenvalue weighted by atomic mass is 32.1. The van der Waals surface area contributed by atoms with Gasteiger partial charge in [0.05, 0.1) is 0 Å². The number of hydrogen-bond acceptors (Lipinski definition) is 12. The zero-order valence-corrected chi connectivity index (χ0v) is 21.3. The van der Waals surface area contributed by atoms with E-state index in [1.165, 1.54) is 45.3 Å². The topological polar surface area (TPSA) is 112 Å². The highest BCUT2D eigenvalue weighted by Crippen LogP contribution is 2.22. The second kappa shape index (κ2) is 9.13. The molecule has 0 atom stereocenters. The molecule has 0 saturated heterocycles. The first-order chi connectivity index (χ1) is 16.0. The molecule has 0 radical (unpaired) electrons. The first-order valence-electron chi connectivity index (χ1n) is 9.83. The van der Waals surface area contributed by atoms with Crippen molar-refractivity contribution in [1.82, 2.24) is 40.0 Å². The molecule has 0 spiro atoms. The molecule has 0 N–H and O–H groups in total. The Morgan fingerprint density at radius 2 is 1.12 bits per heavy atom. The Balaban J connectivity index is 1.75. The maximum absolute atomic E-state index is 4.80. The van der Waals surface area contributed by atoms with Gasteiger partial charge in [0.1, 0.15) is 20.0 Å². The van der Waals surface area contributed by atoms with E-state index in [1.807, 2.05) is 67.4 Å². The van der Waals surface area contributed by atoms with Crippen molar-refractivity contribution in [2.24, 2.45) is 9.98 Å². The van der Waals surface area contributed by atoms with Crippen LogP contribution in [0.5, 0.6) is 0 Å². The fourth-order valence-corrected chi connectivity index (χ4v) is 5.85. The molecular formula is C19H18N10S4. The van der Waals surface area contributed by atoms with Gasteiger partial charge in [0, 0.05) is 0 Å². The van der Waals surface area contributed by atoms with Crippen molar-refractivity contribution in [3.8, 4) is 0 Å². The third-order valence-corrected chi connectivity index (χ3v) is 7.48. The minimum absolute atomic E-state index is 0.401. The van der Waals surface area contributed by atoms with Gasteiger partial charge in [0.25, 0.3) is 0 Å². The molecule has 10 nitrogen and oxygen atoms in total. The van der Waals surface area contributed by atoms with Gasteiger partial charge in [-0.15, -0.1) is 20.4 Å². The SMILES string of the molecule is Cc1nnc(/N=c2\sc(C)nn2C(c2ccccc2)n2nc(C)s/c2=N\c2nnc(C)s2)s1. The summed E-state index contributed by atoms with van der Waals surface area (Å²) in [7, 11) is 0. The lowest BCUT2D eigenvalue weighted by Gasteiger charge is -2.18. The summed E-state index contributed by atoms with van der Waals surface area (Å²) in [5.41, 5.74) is 0.998. The summed E-state index contributed by atoms with van der Waals surface area (Å²) in [6.45, 7) is 7.73. The molecule has 14 heteroatoms. The van der Waals surface area contributed by atoms with Crippen LogP contribution >= 0.6 is 45.3 Å². The van der Waals surface area contributed by atoms with E-state index in [0.717, 1.165) is 25.6 Å². The Hall–Kier alpha value is -2.94. The molecule has 5 rings (SSSR count). The molecule has 4 heterocycles. The third kappa shape index (κ3) is 4.73. The van der Waals surface area contributed by atoms with E-state index in [4.69, 9.17) is 20.2 Å². The molecule has 33 heavy (non-hydrogen) atoms. The van der Waals surface area contributed by atoms with Crippen molar-refractivity contribution >= 4 is 55.6 Å². The number of benzene rings is 1. The van der Waals surface area contributed by atoms with Crippen LogP contribution in [0, 0.1) is 27.7 Å². The van der Waals surface area contributed by atoms with Crippen molar-refractivity contribution in [2.45, 2.75) is 33.9 Å². The van der Waals surface area contributed by atoms with Gasteiger partial charge in [-0.2, -0.15) is 20.2 Å². The molecule has 0 bridgehead atoms. The average molecular weight is 515 g/mol. The van der Waals surface area contributed by atoms with Crippen LogP contribution in [0.4, 0.5) is 10.3 Å². The van der Waals surface area contributed by atoms with Crippen LogP contribution in [0.25, 0.3) is 0 Å². The molecular weight excluding hydrogens is 497 g/mol. The maximum atomic E-state index is 4.80. The molecule has 0 aliphatic heterocycles. The quantitative estimate of drug-likeness (QED) is 0.353. The summed E-state index contributed by atoms with van der Waals surface area (Å²) in [6.07, 6.45) is -0.401. The molecule has 5 aromatic rings. The zero-order chi connectivity index (χ0) is 22.9. The second-order valence-corrected chi connectivity index (χ2v) is 11.6. The second-order valence-electron chi connectivity index (χ2n) is 6.91. The summed E-state index contributed by atoms with van der Waals surface area (Å²) in [4.78, 5) is 10.9. The standard InChI is InChI=1S/C19H18N10S4/c1-10-22-24-16(30-10)20-18-28(26-12(3)32-18)15(14-8-6-5-7-9-14)29-19(33-13(4)27-29)21-17-25-23-11(2)31-17/h5-9,15H,1-4H3/b20-18-,21-19-. The van der Waals surface area contributed by atoms with Crippen molar-refractivity contribution in [3.05, 3.63) is 65.5 Å². The lowest BCUT2D eigenvalue weighted by Crippen LogP contribution is -2.34. The van der Waals surface area contributed by atoms with E-state index in [1.54, 1.807) is 0 Å². The Kier molecular flexibility index (Phi) is 6.05. The van der Waals surface area contributed by atoms with Gasteiger partial charge in [-0.05, 0) is 33.3 Å². The fraction of sp³-hybridized carbons (Fsp3) is 0.263. The predicted octanol–water partition coefficient (Wildman–Crippen LogP) is 3.70. The first kappa shape index (κ1) is 21.9.